The zero-order chi connectivity index (χ0) is 10.9. The number of carboxylic acids is 1. The second kappa shape index (κ2) is 3.17. The molecule has 0 radical (unpaired) electrons. The molecule has 1 heterocycles. The molecule has 0 atom stereocenters. The Morgan fingerprint density at radius 2 is 2.00 bits per heavy atom. The van der Waals surface area contributed by atoms with Gasteiger partial charge in [0.25, 0.3) is 5.56 Å². The SMILES string of the molecule is O=C(O)c1ccn(C(F)(F)F)c(=O)c1. The van der Waals surface area contributed by atoms with Gasteiger partial charge in [0.2, 0.25) is 0 Å². The molecule has 76 valence electrons. The fraction of sp³-hybridized carbons (Fsp3) is 0.143. The molecule has 0 bridgehead atoms. The summed E-state index contributed by atoms with van der Waals surface area (Å²) in [6.07, 6.45) is -4.44. The Hall–Kier alpha value is -1.79. The van der Waals surface area contributed by atoms with Gasteiger partial charge in [0.1, 0.15) is 0 Å². The number of carbonyl (C=O) groups is 1. The predicted molar refractivity (Wildman–Crippen MR) is 39.0 cm³/mol. The van der Waals surface area contributed by atoms with Gasteiger partial charge in [-0.3, -0.25) is 4.79 Å². The lowest BCUT2D eigenvalue weighted by Gasteiger charge is -2.08. The number of halogens is 3. The van der Waals surface area contributed by atoms with Gasteiger partial charge >= 0.3 is 12.3 Å². The van der Waals surface area contributed by atoms with Gasteiger partial charge in [0, 0.05) is 12.3 Å². The second-order valence-electron chi connectivity index (χ2n) is 2.40. The van der Waals surface area contributed by atoms with Gasteiger partial charge in [0.05, 0.1) is 5.56 Å². The molecule has 0 saturated carbocycles. The molecule has 1 N–H and O–H groups in total. The third-order valence-electron chi connectivity index (χ3n) is 1.44. The molecule has 1 rings (SSSR count). The van der Waals surface area contributed by atoms with Crippen molar-refractivity contribution in [2.45, 2.75) is 6.30 Å². The highest BCUT2D eigenvalue weighted by Crippen LogP contribution is 2.19. The normalized spacial score (nSPS) is 11.4. The molecule has 7 heteroatoms. The van der Waals surface area contributed by atoms with Crippen LogP contribution in [0.4, 0.5) is 13.2 Å². The Morgan fingerprint density at radius 3 is 2.36 bits per heavy atom. The van der Waals surface area contributed by atoms with Crippen molar-refractivity contribution < 1.29 is 23.1 Å². The number of alkyl halides is 3. The zero-order valence-corrected chi connectivity index (χ0v) is 6.58. The average Bonchev–Trinajstić information content (AvgIpc) is 2.01. The average molecular weight is 207 g/mol. The van der Waals surface area contributed by atoms with E-state index in [-0.39, 0.29) is 0 Å². The highest BCUT2D eigenvalue weighted by atomic mass is 19.4. The van der Waals surface area contributed by atoms with Crippen LogP contribution in [0, 0.1) is 0 Å². The third-order valence-corrected chi connectivity index (χ3v) is 1.44. The molecule has 1 aromatic heterocycles. The first-order chi connectivity index (χ1) is 6.32. The summed E-state index contributed by atoms with van der Waals surface area (Å²) in [4.78, 5) is 21.1. The molecule has 0 unspecified atom stereocenters. The number of pyridine rings is 1. The van der Waals surface area contributed by atoms with Crippen molar-refractivity contribution in [3.63, 3.8) is 0 Å². The van der Waals surface area contributed by atoms with E-state index in [4.69, 9.17) is 5.11 Å². The zero-order valence-electron chi connectivity index (χ0n) is 6.58. The molecule has 0 aliphatic rings. The molecule has 0 aromatic carbocycles. The highest BCUT2D eigenvalue weighted by molar-refractivity contribution is 5.87. The number of carboxylic acid groups (broad SMARTS) is 1. The first-order valence-corrected chi connectivity index (χ1v) is 3.35. The van der Waals surface area contributed by atoms with E-state index in [1.54, 1.807) is 0 Å². The van der Waals surface area contributed by atoms with Crippen LogP contribution in [0.2, 0.25) is 0 Å². The molecular formula is C7H4F3NO3. The maximum absolute atomic E-state index is 12.0. The molecular weight excluding hydrogens is 203 g/mol. The number of rotatable bonds is 1. The molecule has 0 saturated heterocycles. The number of hydrogen-bond acceptors (Lipinski definition) is 2. The summed E-state index contributed by atoms with van der Waals surface area (Å²) in [5, 5.41) is 8.37. The molecule has 0 aliphatic carbocycles. The molecule has 4 nitrogen and oxygen atoms in total. The number of hydrogen-bond donors (Lipinski definition) is 1. The van der Waals surface area contributed by atoms with E-state index in [0.717, 1.165) is 0 Å². The van der Waals surface area contributed by atoms with Crippen molar-refractivity contribution >= 4 is 5.97 Å². The van der Waals surface area contributed by atoms with Gasteiger partial charge in [-0.25, -0.2) is 9.36 Å². The van der Waals surface area contributed by atoms with Crippen molar-refractivity contribution in [3.8, 4) is 0 Å². The lowest BCUT2D eigenvalue weighted by molar-refractivity contribution is -0.206. The van der Waals surface area contributed by atoms with Crippen LogP contribution >= 0.6 is 0 Å². The van der Waals surface area contributed by atoms with E-state index >= 15 is 0 Å². The van der Waals surface area contributed by atoms with Crippen molar-refractivity contribution in [1.29, 1.82) is 0 Å². The minimum absolute atomic E-state index is 0.381. The summed E-state index contributed by atoms with van der Waals surface area (Å²) in [5.74, 6) is -1.45. The van der Waals surface area contributed by atoms with Gasteiger partial charge < -0.3 is 5.11 Å². The van der Waals surface area contributed by atoms with Gasteiger partial charge in [-0.15, -0.1) is 13.2 Å². The first kappa shape index (κ1) is 10.3. The van der Waals surface area contributed by atoms with E-state index in [1.165, 1.54) is 0 Å². The summed E-state index contributed by atoms with van der Waals surface area (Å²) in [6.45, 7) is 0. The van der Waals surface area contributed by atoms with Crippen LogP contribution in [-0.2, 0) is 6.30 Å². The van der Waals surface area contributed by atoms with Crippen molar-refractivity contribution in [1.82, 2.24) is 4.57 Å². The minimum atomic E-state index is -4.83. The van der Waals surface area contributed by atoms with Gasteiger partial charge in [-0.05, 0) is 6.07 Å². The number of aromatic nitrogens is 1. The molecule has 0 amide bonds. The largest absolute Gasteiger partial charge is 0.491 e. The van der Waals surface area contributed by atoms with Gasteiger partial charge in [-0.2, -0.15) is 0 Å². The van der Waals surface area contributed by atoms with E-state index in [2.05, 4.69) is 0 Å². The fourth-order valence-electron chi connectivity index (χ4n) is 0.821. The smallest absolute Gasteiger partial charge is 0.478 e. The number of aromatic carboxylic acids is 1. The minimum Gasteiger partial charge on any atom is -0.478 e. The van der Waals surface area contributed by atoms with Gasteiger partial charge in [-0.1, -0.05) is 0 Å². The van der Waals surface area contributed by atoms with Crippen LogP contribution in [0.3, 0.4) is 0 Å². The summed E-state index contributed by atoms with van der Waals surface area (Å²) < 4.78 is 35.5. The Kier molecular flexibility index (Phi) is 2.33. The van der Waals surface area contributed by atoms with E-state index < -0.39 is 28.0 Å². The molecule has 0 spiro atoms. The third kappa shape index (κ3) is 1.93. The topological polar surface area (TPSA) is 59.3 Å². The van der Waals surface area contributed by atoms with Crippen LogP contribution in [-0.4, -0.2) is 15.6 Å². The maximum atomic E-state index is 12.0. The Morgan fingerprint density at radius 1 is 1.43 bits per heavy atom. The van der Waals surface area contributed by atoms with Crippen LogP contribution < -0.4 is 5.56 Å². The molecule has 1 aromatic rings. The lowest BCUT2D eigenvalue weighted by Crippen LogP contribution is -2.30. The van der Waals surface area contributed by atoms with Crippen LogP contribution in [0.1, 0.15) is 10.4 Å². The monoisotopic (exact) mass is 207 g/mol. The second-order valence-corrected chi connectivity index (χ2v) is 2.40. The van der Waals surface area contributed by atoms with Crippen LogP contribution in [0.5, 0.6) is 0 Å². The van der Waals surface area contributed by atoms with Crippen molar-refractivity contribution in [2.24, 2.45) is 0 Å². The van der Waals surface area contributed by atoms with E-state index in [0.29, 0.717) is 18.3 Å². The number of nitrogens with zero attached hydrogens (tertiary/aromatic N) is 1. The van der Waals surface area contributed by atoms with Gasteiger partial charge in [0.15, 0.2) is 0 Å². The Labute approximate surface area is 75.2 Å². The maximum Gasteiger partial charge on any atom is 0.491 e. The van der Waals surface area contributed by atoms with Crippen LogP contribution in [0.25, 0.3) is 0 Å². The predicted octanol–water partition coefficient (Wildman–Crippen LogP) is 1.02. The van der Waals surface area contributed by atoms with Crippen molar-refractivity contribution in [3.05, 3.63) is 34.2 Å². The standard InChI is InChI=1S/C7H4F3NO3/c8-7(9,10)11-2-1-4(6(13)14)3-5(11)12/h1-3H,(H,13,14). The summed E-state index contributed by atoms with van der Waals surface area (Å²) in [5.41, 5.74) is -1.90. The van der Waals surface area contributed by atoms with E-state index in [9.17, 15) is 22.8 Å². The molecule has 0 aliphatic heterocycles. The summed E-state index contributed by atoms with van der Waals surface area (Å²) in [6, 6.07) is 1.12. The summed E-state index contributed by atoms with van der Waals surface area (Å²) >= 11 is 0. The molecule has 14 heavy (non-hydrogen) atoms. The van der Waals surface area contributed by atoms with Crippen molar-refractivity contribution in [2.75, 3.05) is 0 Å². The summed E-state index contributed by atoms with van der Waals surface area (Å²) in [7, 11) is 0. The first-order valence-electron chi connectivity index (χ1n) is 3.35. The molecule has 0 fully saturated rings. The lowest BCUT2D eigenvalue weighted by atomic mass is 10.3. The van der Waals surface area contributed by atoms with Crippen LogP contribution in [0.15, 0.2) is 23.1 Å². The Balaban J connectivity index is 3.29. The highest BCUT2D eigenvalue weighted by Gasteiger charge is 2.31. The van der Waals surface area contributed by atoms with E-state index in [1.807, 2.05) is 0 Å². The quantitative estimate of drug-likeness (QED) is 0.747. The Bertz CT molecular complexity index is 421. The fourth-order valence-corrected chi connectivity index (χ4v) is 0.821.